The van der Waals surface area contributed by atoms with Crippen molar-refractivity contribution in [3.05, 3.63) is 71.4 Å². The third-order valence-electron chi connectivity index (χ3n) is 3.74. The van der Waals surface area contributed by atoms with Gasteiger partial charge in [0.25, 0.3) is 11.8 Å². The molecule has 0 atom stereocenters. The first-order chi connectivity index (χ1) is 11.6. The van der Waals surface area contributed by atoms with Crippen molar-refractivity contribution >= 4 is 11.8 Å². The van der Waals surface area contributed by atoms with Crippen LogP contribution in [-0.4, -0.2) is 26.9 Å². The van der Waals surface area contributed by atoms with Crippen molar-refractivity contribution in [1.29, 1.82) is 0 Å². The molecule has 24 heavy (non-hydrogen) atoms. The SMILES string of the molecule is O=C1c2ccccc2C(=O)N1Cc1nc(-c2ccc(F)cc2)no1. The summed E-state index contributed by atoms with van der Waals surface area (Å²) in [5.41, 5.74) is 1.30. The van der Waals surface area contributed by atoms with Gasteiger partial charge in [-0.15, -0.1) is 0 Å². The van der Waals surface area contributed by atoms with Gasteiger partial charge in [0.05, 0.1) is 11.1 Å². The number of hydrogen-bond donors (Lipinski definition) is 0. The van der Waals surface area contributed by atoms with Gasteiger partial charge in [-0.1, -0.05) is 17.3 Å². The highest BCUT2D eigenvalue weighted by atomic mass is 19.1. The van der Waals surface area contributed by atoms with Crippen LogP contribution in [0.4, 0.5) is 4.39 Å². The summed E-state index contributed by atoms with van der Waals surface area (Å²) in [6.45, 7) is -0.111. The number of nitrogens with zero attached hydrogens (tertiary/aromatic N) is 3. The Morgan fingerprint density at radius 3 is 2.21 bits per heavy atom. The van der Waals surface area contributed by atoms with E-state index in [1.165, 1.54) is 24.3 Å². The van der Waals surface area contributed by atoms with E-state index in [0.717, 1.165) is 4.90 Å². The van der Waals surface area contributed by atoms with E-state index in [-0.39, 0.29) is 24.1 Å². The van der Waals surface area contributed by atoms with Gasteiger partial charge in [-0.3, -0.25) is 14.5 Å². The van der Waals surface area contributed by atoms with E-state index in [0.29, 0.717) is 16.7 Å². The summed E-state index contributed by atoms with van der Waals surface area (Å²) in [7, 11) is 0. The maximum Gasteiger partial charge on any atom is 0.262 e. The maximum atomic E-state index is 12.9. The van der Waals surface area contributed by atoms with Crippen LogP contribution in [0.25, 0.3) is 11.4 Å². The van der Waals surface area contributed by atoms with E-state index in [1.807, 2.05) is 0 Å². The molecule has 0 radical (unpaired) electrons. The van der Waals surface area contributed by atoms with Gasteiger partial charge < -0.3 is 4.52 Å². The van der Waals surface area contributed by atoms with Crippen molar-refractivity contribution in [3.63, 3.8) is 0 Å². The van der Waals surface area contributed by atoms with Gasteiger partial charge in [-0.2, -0.15) is 4.98 Å². The second-order valence-electron chi connectivity index (χ2n) is 5.26. The number of fused-ring (bicyclic) bond motifs is 1. The van der Waals surface area contributed by atoms with Crippen LogP contribution < -0.4 is 0 Å². The molecule has 0 saturated heterocycles. The standard InChI is InChI=1S/C17H10FN3O3/c18-11-7-5-10(6-8-11)15-19-14(24-20-15)9-21-16(22)12-3-1-2-4-13(12)17(21)23/h1-8H,9H2. The topological polar surface area (TPSA) is 76.3 Å². The molecule has 0 N–H and O–H groups in total. The average Bonchev–Trinajstić information content (AvgIpc) is 3.16. The van der Waals surface area contributed by atoms with Crippen molar-refractivity contribution in [2.24, 2.45) is 0 Å². The number of benzene rings is 2. The molecule has 0 unspecified atom stereocenters. The molecule has 1 aliphatic rings. The summed E-state index contributed by atoms with van der Waals surface area (Å²) >= 11 is 0. The lowest BCUT2D eigenvalue weighted by Gasteiger charge is -2.09. The summed E-state index contributed by atoms with van der Waals surface area (Å²) < 4.78 is 18.1. The van der Waals surface area contributed by atoms with E-state index in [1.54, 1.807) is 24.3 Å². The summed E-state index contributed by atoms with van der Waals surface area (Å²) in [6, 6.07) is 12.2. The van der Waals surface area contributed by atoms with Gasteiger partial charge in [0.15, 0.2) is 0 Å². The first-order valence-electron chi connectivity index (χ1n) is 7.17. The molecule has 2 amide bonds. The molecule has 0 saturated carbocycles. The quantitative estimate of drug-likeness (QED) is 0.693. The number of hydrogen-bond acceptors (Lipinski definition) is 5. The second kappa shape index (κ2) is 5.38. The highest BCUT2D eigenvalue weighted by Crippen LogP contribution is 2.24. The lowest BCUT2D eigenvalue weighted by molar-refractivity contribution is 0.0625. The molecule has 0 fully saturated rings. The fraction of sp³-hybridized carbons (Fsp3) is 0.0588. The van der Waals surface area contributed by atoms with Crippen LogP contribution in [-0.2, 0) is 6.54 Å². The highest BCUT2D eigenvalue weighted by Gasteiger charge is 2.36. The number of amides is 2. The molecule has 6 nitrogen and oxygen atoms in total. The van der Waals surface area contributed by atoms with E-state index >= 15 is 0 Å². The molecule has 118 valence electrons. The predicted molar refractivity (Wildman–Crippen MR) is 80.3 cm³/mol. The van der Waals surface area contributed by atoms with E-state index < -0.39 is 11.8 Å². The van der Waals surface area contributed by atoms with Gasteiger partial charge in [0, 0.05) is 5.56 Å². The predicted octanol–water partition coefficient (Wildman–Crippen LogP) is 2.67. The molecule has 0 spiro atoms. The van der Waals surface area contributed by atoms with Gasteiger partial charge in [-0.25, -0.2) is 4.39 Å². The number of carbonyl (C=O) groups excluding carboxylic acids is 2. The summed E-state index contributed by atoms with van der Waals surface area (Å²) in [5, 5.41) is 3.80. The zero-order chi connectivity index (χ0) is 16.7. The Kier molecular flexibility index (Phi) is 3.19. The van der Waals surface area contributed by atoms with E-state index in [4.69, 9.17) is 4.52 Å². The molecule has 0 aliphatic carbocycles. The molecule has 3 aromatic rings. The third-order valence-corrected chi connectivity index (χ3v) is 3.74. The summed E-state index contributed by atoms with van der Waals surface area (Å²) in [6.07, 6.45) is 0. The van der Waals surface area contributed by atoms with Gasteiger partial charge in [0.1, 0.15) is 12.4 Å². The molecule has 7 heteroatoms. The van der Waals surface area contributed by atoms with Crippen LogP contribution in [0.15, 0.2) is 53.1 Å². The van der Waals surface area contributed by atoms with Crippen LogP contribution in [0, 0.1) is 5.82 Å². The average molecular weight is 323 g/mol. The number of halogens is 1. The molecule has 2 aromatic carbocycles. The highest BCUT2D eigenvalue weighted by molar-refractivity contribution is 6.21. The molecule has 1 aromatic heterocycles. The van der Waals surface area contributed by atoms with E-state index in [9.17, 15) is 14.0 Å². The van der Waals surface area contributed by atoms with Crippen molar-refractivity contribution < 1.29 is 18.5 Å². The first kappa shape index (κ1) is 14.3. The molecule has 1 aliphatic heterocycles. The zero-order valence-electron chi connectivity index (χ0n) is 12.3. The van der Waals surface area contributed by atoms with Crippen LogP contribution in [0.1, 0.15) is 26.6 Å². The number of aromatic nitrogens is 2. The van der Waals surface area contributed by atoms with Crippen molar-refractivity contribution in [2.45, 2.75) is 6.54 Å². The number of carbonyl (C=O) groups is 2. The summed E-state index contributed by atoms with van der Waals surface area (Å²) in [5.74, 6) is -0.756. The largest absolute Gasteiger partial charge is 0.337 e. The minimum atomic E-state index is -0.392. The molecule has 2 heterocycles. The second-order valence-corrected chi connectivity index (χ2v) is 5.26. The Labute approximate surface area is 135 Å². The Morgan fingerprint density at radius 2 is 1.58 bits per heavy atom. The minimum Gasteiger partial charge on any atom is -0.337 e. The third kappa shape index (κ3) is 2.26. The lowest BCUT2D eigenvalue weighted by atomic mass is 10.1. The Balaban J connectivity index is 1.58. The molecular weight excluding hydrogens is 313 g/mol. The van der Waals surface area contributed by atoms with Crippen molar-refractivity contribution in [1.82, 2.24) is 15.0 Å². The van der Waals surface area contributed by atoms with Gasteiger partial charge in [-0.05, 0) is 36.4 Å². The maximum absolute atomic E-state index is 12.9. The zero-order valence-corrected chi connectivity index (χ0v) is 12.3. The van der Waals surface area contributed by atoms with Gasteiger partial charge in [0.2, 0.25) is 11.7 Å². The van der Waals surface area contributed by atoms with Crippen LogP contribution in [0.5, 0.6) is 0 Å². The smallest absolute Gasteiger partial charge is 0.262 e. The van der Waals surface area contributed by atoms with E-state index in [2.05, 4.69) is 10.1 Å². The normalized spacial score (nSPS) is 13.5. The van der Waals surface area contributed by atoms with Crippen molar-refractivity contribution in [3.8, 4) is 11.4 Å². The van der Waals surface area contributed by atoms with Crippen LogP contribution in [0.3, 0.4) is 0 Å². The first-order valence-corrected chi connectivity index (χ1v) is 7.17. The molecule has 4 rings (SSSR count). The number of rotatable bonds is 3. The molecular formula is C17H10FN3O3. The van der Waals surface area contributed by atoms with Gasteiger partial charge >= 0.3 is 0 Å². The summed E-state index contributed by atoms with van der Waals surface area (Å²) in [4.78, 5) is 29.8. The minimum absolute atomic E-state index is 0.111. The number of imide groups is 1. The Morgan fingerprint density at radius 1 is 0.958 bits per heavy atom. The monoisotopic (exact) mass is 323 g/mol. The molecule has 0 bridgehead atoms. The fourth-order valence-corrected chi connectivity index (χ4v) is 2.55. The van der Waals surface area contributed by atoms with Crippen LogP contribution in [0.2, 0.25) is 0 Å². The lowest BCUT2D eigenvalue weighted by Crippen LogP contribution is -2.29. The fourth-order valence-electron chi connectivity index (χ4n) is 2.55. The van der Waals surface area contributed by atoms with Crippen LogP contribution >= 0.6 is 0 Å². The Hall–Kier alpha value is -3.35. The Bertz CT molecular complexity index is 915. The van der Waals surface area contributed by atoms with Crippen molar-refractivity contribution in [2.75, 3.05) is 0 Å².